The summed E-state index contributed by atoms with van der Waals surface area (Å²) in [6, 6.07) is 11.5. The summed E-state index contributed by atoms with van der Waals surface area (Å²) in [5.41, 5.74) is 3.54. The fourth-order valence-corrected chi connectivity index (χ4v) is 2.05. The van der Waals surface area contributed by atoms with E-state index in [9.17, 15) is 4.79 Å². The van der Waals surface area contributed by atoms with Crippen LogP contribution < -0.4 is 0 Å². The Hall–Kier alpha value is -2.69. The number of rotatable bonds is 3. The van der Waals surface area contributed by atoms with Crippen molar-refractivity contribution in [3.63, 3.8) is 0 Å². The lowest BCUT2D eigenvalue weighted by Crippen LogP contribution is -2.04. The van der Waals surface area contributed by atoms with Gasteiger partial charge in [-0.15, -0.1) is 0 Å². The number of esters is 1. The van der Waals surface area contributed by atoms with E-state index in [-0.39, 0.29) is 12.4 Å². The van der Waals surface area contributed by atoms with Crippen LogP contribution in [0.15, 0.2) is 48.9 Å². The van der Waals surface area contributed by atoms with Crippen LogP contribution in [-0.2, 0) is 16.0 Å². The number of carbonyl (C=O) groups is 1. The monoisotopic (exact) mass is 267 g/mol. The van der Waals surface area contributed by atoms with Crippen LogP contribution in [0.5, 0.6) is 0 Å². The summed E-state index contributed by atoms with van der Waals surface area (Å²) in [7, 11) is 1.39. The Morgan fingerprint density at radius 2 is 2.00 bits per heavy atom. The molecule has 0 saturated heterocycles. The molecule has 0 atom stereocenters. The van der Waals surface area contributed by atoms with E-state index in [2.05, 4.69) is 14.7 Å². The largest absolute Gasteiger partial charge is 0.469 e. The quantitative estimate of drug-likeness (QED) is 0.682. The fraction of sp³-hybridized carbons (Fsp3) is 0.133. The lowest BCUT2D eigenvalue weighted by Gasteiger charge is -2.05. The summed E-state index contributed by atoms with van der Waals surface area (Å²) in [6.45, 7) is 0. The SMILES string of the molecule is COC(=O)Cc1ccc(-n2cnc3cccnc32)cc1. The van der Waals surface area contributed by atoms with Crippen LogP contribution in [0.1, 0.15) is 5.56 Å². The van der Waals surface area contributed by atoms with Gasteiger partial charge in [0, 0.05) is 11.9 Å². The van der Waals surface area contributed by atoms with E-state index in [1.165, 1.54) is 7.11 Å². The molecule has 0 bridgehead atoms. The molecule has 0 aliphatic carbocycles. The van der Waals surface area contributed by atoms with Crippen LogP contribution in [0.3, 0.4) is 0 Å². The highest BCUT2D eigenvalue weighted by Crippen LogP contribution is 2.16. The molecule has 0 radical (unpaired) electrons. The molecule has 2 heterocycles. The molecule has 100 valence electrons. The van der Waals surface area contributed by atoms with E-state index in [1.807, 2.05) is 41.0 Å². The van der Waals surface area contributed by atoms with Crippen molar-refractivity contribution in [2.75, 3.05) is 7.11 Å². The molecule has 3 aromatic rings. The zero-order chi connectivity index (χ0) is 13.9. The minimum absolute atomic E-state index is 0.243. The number of fused-ring (bicyclic) bond motifs is 1. The standard InChI is InChI=1S/C15H13N3O2/c1-20-14(19)9-11-4-6-12(7-5-11)18-10-17-13-3-2-8-16-15(13)18/h2-8,10H,9H2,1H3. The van der Waals surface area contributed by atoms with Crippen molar-refractivity contribution in [3.05, 3.63) is 54.5 Å². The zero-order valence-corrected chi connectivity index (χ0v) is 11.0. The lowest BCUT2D eigenvalue weighted by molar-refractivity contribution is -0.139. The molecule has 1 aromatic carbocycles. The number of pyridine rings is 1. The number of hydrogen-bond donors (Lipinski definition) is 0. The number of carbonyl (C=O) groups excluding carboxylic acids is 1. The first-order valence-corrected chi connectivity index (χ1v) is 6.22. The van der Waals surface area contributed by atoms with Gasteiger partial charge in [-0.25, -0.2) is 9.97 Å². The molecule has 0 N–H and O–H groups in total. The predicted octanol–water partition coefficient (Wildman–Crippen LogP) is 2.14. The molecule has 0 saturated carbocycles. The van der Waals surface area contributed by atoms with Gasteiger partial charge >= 0.3 is 5.97 Å². The number of ether oxygens (including phenoxy) is 1. The van der Waals surface area contributed by atoms with Crippen molar-refractivity contribution < 1.29 is 9.53 Å². The van der Waals surface area contributed by atoms with E-state index in [1.54, 1.807) is 12.5 Å². The maximum absolute atomic E-state index is 11.2. The maximum atomic E-state index is 11.2. The Morgan fingerprint density at radius 3 is 2.75 bits per heavy atom. The van der Waals surface area contributed by atoms with Crippen LogP contribution in [-0.4, -0.2) is 27.6 Å². The van der Waals surface area contributed by atoms with Crippen molar-refractivity contribution in [1.82, 2.24) is 14.5 Å². The van der Waals surface area contributed by atoms with Crippen LogP contribution in [0, 0.1) is 0 Å². The van der Waals surface area contributed by atoms with Gasteiger partial charge in [-0.1, -0.05) is 12.1 Å². The molecule has 0 aliphatic heterocycles. The first-order chi connectivity index (χ1) is 9.78. The molecule has 0 unspecified atom stereocenters. The van der Waals surface area contributed by atoms with Crippen LogP contribution >= 0.6 is 0 Å². The molecular formula is C15H13N3O2. The Bertz CT molecular complexity index is 747. The van der Waals surface area contributed by atoms with Crippen LogP contribution in [0.4, 0.5) is 0 Å². The van der Waals surface area contributed by atoms with Gasteiger partial charge in [-0.3, -0.25) is 9.36 Å². The molecular weight excluding hydrogens is 254 g/mol. The van der Waals surface area contributed by atoms with Gasteiger partial charge in [0.2, 0.25) is 0 Å². The van der Waals surface area contributed by atoms with Crippen molar-refractivity contribution in [2.45, 2.75) is 6.42 Å². The van der Waals surface area contributed by atoms with E-state index in [0.717, 1.165) is 22.4 Å². The summed E-state index contributed by atoms with van der Waals surface area (Å²) in [4.78, 5) is 19.9. The molecule has 5 heteroatoms. The summed E-state index contributed by atoms with van der Waals surface area (Å²) in [5.74, 6) is -0.243. The first-order valence-electron chi connectivity index (χ1n) is 6.22. The second-order valence-electron chi connectivity index (χ2n) is 4.38. The van der Waals surface area contributed by atoms with Crippen LogP contribution in [0.2, 0.25) is 0 Å². The molecule has 0 spiro atoms. The molecule has 20 heavy (non-hydrogen) atoms. The minimum atomic E-state index is -0.243. The highest BCUT2D eigenvalue weighted by Gasteiger charge is 2.06. The fourth-order valence-electron chi connectivity index (χ4n) is 2.05. The summed E-state index contributed by atoms with van der Waals surface area (Å²) in [6.07, 6.45) is 3.76. The topological polar surface area (TPSA) is 57.0 Å². The van der Waals surface area contributed by atoms with E-state index in [0.29, 0.717) is 0 Å². The van der Waals surface area contributed by atoms with Crippen LogP contribution in [0.25, 0.3) is 16.9 Å². The highest BCUT2D eigenvalue weighted by atomic mass is 16.5. The van der Waals surface area contributed by atoms with E-state index >= 15 is 0 Å². The first kappa shape index (κ1) is 12.3. The van der Waals surface area contributed by atoms with Gasteiger partial charge in [0.15, 0.2) is 5.65 Å². The Labute approximate surface area is 115 Å². The number of benzene rings is 1. The zero-order valence-electron chi connectivity index (χ0n) is 11.0. The Kier molecular flexibility index (Phi) is 3.16. The number of nitrogens with zero attached hydrogens (tertiary/aromatic N) is 3. The van der Waals surface area contributed by atoms with Crippen molar-refractivity contribution >= 4 is 17.1 Å². The molecule has 0 fully saturated rings. The second-order valence-corrected chi connectivity index (χ2v) is 4.38. The van der Waals surface area contributed by atoms with Crippen molar-refractivity contribution in [1.29, 1.82) is 0 Å². The van der Waals surface area contributed by atoms with E-state index < -0.39 is 0 Å². The van der Waals surface area contributed by atoms with Crippen molar-refractivity contribution in [2.24, 2.45) is 0 Å². The molecule has 0 aliphatic rings. The summed E-state index contributed by atoms with van der Waals surface area (Å²) in [5, 5.41) is 0. The number of aromatic nitrogens is 3. The van der Waals surface area contributed by atoms with Gasteiger partial charge in [0.05, 0.1) is 13.5 Å². The third kappa shape index (κ3) is 2.25. The highest BCUT2D eigenvalue weighted by molar-refractivity contribution is 5.73. The smallest absolute Gasteiger partial charge is 0.309 e. The third-order valence-electron chi connectivity index (χ3n) is 3.10. The maximum Gasteiger partial charge on any atom is 0.309 e. The van der Waals surface area contributed by atoms with Crippen molar-refractivity contribution in [3.8, 4) is 5.69 Å². The second kappa shape index (κ2) is 5.13. The van der Waals surface area contributed by atoms with Gasteiger partial charge in [0.1, 0.15) is 11.8 Å². The number of methoxy groups -OCH3 is 1. The summed E-state index contributed by atoms with van der Waals surface area (Å²) < 4.78 is 6.56. The van der Waals surface area contributed by atoms with Gasteiger partial charge in [0.25, 0.3) is 0 Å². The molecule has 5 nitrogen and oxygen atoms in total. The average Bonchev–Trinajstić information content (AvgIpc) is 2.92. The number of imidazole rings is 1. The van der Waals surface area contributed by atoms with E-state index in [4.69, 9.17) is 0 Å². The van der Waals surface area contributed by atoms with Gasteiger partial charge in [-0.2, -0.15) is 0 Å². The molecule has 2 aromatic heterocycles. The Morgan fingerprint density at radius 1 is 1.20 bits per heavy atom. The molecule has 3 rings (SSSR count). The van der Waals surface area contributed by atoms with Gasteiger partial charge in [-0.05, 0) is 29.8 Å². The lowest BCUT2D eigenvalue weighted by atomic mass is 10.1. The normalized spacial score (nSPS) is 10.7. The van der Waals surface area contributed by atoms with Gasteiger partial charge < -0.3 is 4.74 Å². The third-order valence-corrected chi connectivity index (χ3v) is 3.10. The molecule has 0 amide bonds. The average molecular weight is 267 g/mol. The minimum Gasteiger partial charge on any atom is -0.469 e. The summed E-state index contributed by atoms with van der Waals surface area (Å²) >= 11 is 0. The number of hydrogen-bond acceptors (Lipinski definition) is 4. The predicted molar refractivity (Wildman–Crippen MR) is 74.6 cm³/mol. The Balaban J connectivity index is 1.93.